The van der Waals surface area contributed by atoms with E-state index in [2.05, 4.69) is 6.07 Å². The van der Waals surface area contributed by atoms with Crippen LogP contribution in [0.4, 0.5) is 0 Å². The predicted molar refractivity (Wildman–Crippen MR) is 57.5 cm³/mol. The van der Waals surface area contributed by atoms with Crippen LogP contribution >= 0.6 is 23.4 Å². The summed E-state index contributed by atoms with van der Waals surface area (Å²) >= 11 is 6.73. The van der Waals surface area contributed by atoms with Crippen LogP contribution in [0, 0.1) is 13.8 Å². The summed E-state index contributed by atoms with van der Waals surface area (Å²) in [6, 6.07) is 6.16. The lowest BCUT2D eigenvalue weighted by atomic mass is 10.2. The van der Waals surface area contributed by atoms with Crippen LogP contribution in [-0.2, 0) is 4.79 Å². The van der Waals surface area contributed by atoms with Gasteiger partial charge in [0.1, 0.15) is 0 Å². The number of halogens is 1. The Kier molecular flexibility index (Phi) is 3.82. The first kappa shape index (κ1) is 10.6. The van der Waals surface area contributed by atoms with Crippen molar-refractivity contribution in [1.29, 1.82) is 0 Å². The molecule has 0 radical (unpaired) electrons. The summed E-state index contributed by atoms with van der Waals surface area (Å²) in [5, 5.41) is -0.301. The average Bonchev–Trinajstić information content (AvgIpc) is 2.02. The van der Waals surface area contributed by atoms with Gasteiger partial charge in [0, 0.05) is 4.90 Å². The summed E-state index contributed by atoms with van der Waals surface area (Å²) in [5.74, 6) is 0.339. The van der Waals surface area contributed by atoms with Crippen molar-refractivity contribution in [2.75, 3.05) is 5.75 Å². The molecule has 0 bridgehead atoms. The van der Waals surface area contributed by atoms with Crippen LogP contribution in [0.1, 0.15) is 11.1 Å². The molecule has 1 aromatic carbocycles. The van der Waals surface area contributed by atoms with Crippen LogP contribution in [0.3, 0.4) is 0 Å². The van der Waals surface area contributed by atoms with Crippen molar-refractivity contribution >= 4 is 28.6 Å². The third-order valence-electron chi connectivity index (χ3n) is 1.67. The first-order valence-corrected chi connectivity index (χ1v) is 5.34. The van der Waals surface area contributed by atoms with Crippen LogP contribution in [0.5, 0.6) is 0 Å². The lowest BCUT2D eigenvalue weighted by Gasteiger charge is -2.04. The molecule has 0 aliphatic rings. The van der Waals surface area contributed by atoms with Gasteiger partial charge < -0.3 is 0 Å². The van der Waals surface area contributed by atoms with Gasteiger partial charge in [-0.25, -0.2) is 0 Å². The Morgan fingerprint density at radius 1 is 1.46 bits per heavy atom. The number of carbonyl (C=O) groups is 1. The maximum absolute atomic E-state index is 10.5. The first-order chi connectivity index (χ1) is 6.09. The van der Waals surface area contributed by atoms with Crippen LogP contribution in [-0.4, -0.2) is 11.0 Å². The molecule has 0 saturated heterocycles. The fraction of sp³-hybridized carbons (Fsp3) is 0.300. The summed E-state index contributed by atoms with van der Waals surface area (Å²) in [7, 11) is 0. The summed E-state index contributed by atoms with van der Waals surface area (Å²) in [5.41, 5.74) is 2.43. The van der Waals surface area contributed by atoms with E-state index in [1.165, 1.54) is 22.9 Å². The molecule has 0 fully saturated rings. The Morgan fingerprint density at radius 3 is 2.69 bits per heavy atom. The van der Waals surface area contributed by atoms with Gasteiger partial charge >= 0.3 is 0 Å². The second kappa shape index (κ2) is 4.68. The molecule has 3 heteroatoms. The van der Waals surface area contributed by atoms with E-state index >= 15 is 0 Å². The molecule has 0 aliphatic heterocycles. The van der Waals surface area contributed by atoms with Gasteiger partial charge in [-0.05, 0) is 37.1 Å². The zero-order chi connectivity index (χ0) is 9.84. The molecule has 1 aromatic rings. The van der Waals surface area contributed by atoms with Gasteiger partial charge in [0.25, 0.3) is 0 Å². The number of benzene rings is 1. The lowest BCUT2D eigenvalue weighted by Crippen LogP contribution is -1.90. The maximum Gasteiger partial charge on any atom is 0.231 e. The maximum atomic E-state index is 10.5. The van der Waals surface area contributed by atoms with Crippen molar-refractivity contribution in [2.24, 2.45) is 0 Å². The number of thioether (sulfide) groups is 1. The number of aryl methyl sites for hydroxylation is 2. The highest BCUT2D eigenvalue weighted by molar-refractivity contribution is 8.00. The molecular weight excluding hydrogens is 204 g/mol. The summed E-state index contributed by atoms with van der Waals surface area (Å²) < 4.78 is 0. The van der Waals surface area contributed by atoms with Crippen molar-refractivity contribution in [3.8, 4) is 0 Å². The molecule has 1 nitrogen and oxygen atoms in total. The van der Waals surface area contributed by atoms with Gasteiger partial charge in [0.05, 0.1) is 5.75 Å². The Morgan fingerprint density at radius 2 is 2.15 bits per heavy atom. The number of hydrogen-bond donors (Lipinski definition) is 0. The van der Waals surface area contributed by atoms with Gasteiger partial charge in [0.15, 0.2) is 0 Å². The van der Waals surface area contributed by atoms with E-state index in [4.69, 9.17) is 11.6 Å². The highest BCUT2D eigenvalue weighted by atomic mass is 35.5. The monoisotopic (exact) mass is 214 g/mol. The van der Waals surface area contributed by atoms with E-state index in [0.717, 1.165) is 4.90 Å². The van der Waals surface area contributed by atoms with Crippen molar-refractivity contribution in [1.82, 2.24) is 0 Å². The lowest BCUT2D eigenvalue weighted by molar-refractivity contribution is -0.109. The zero-order valence-electron chi connectivity index (χ0n) is 7.63. The standard InChI is InChI=1S/C10H11ClOS/c1-7-3-4-9(8(2)5-7)13-6-10(11)12/h3-5H,6H2,1-2H3. The van der Waals surface area contributed by atoms with Crippen molar-refractivity contribution in [3.63, 3.8) is 0 Å². The normalized spacial score (nSPS) is 10.1. The quantitative estimate of drug-likeness (QED) is 0.568. The van der Waals surface area contributed by atoms with E-state index in [9.17, 15) is 4.79 Å². The second-order valence-corrected chi connectivity index (χ2v) is 4.35. The Balaban J connectivity index is 2.72. The van der Waals surface area contributed by atoms with Gasteiger partial charge in [0.2, 0.25) is 5.24 Å². The molecule has 0 aliphatic carbocycles. The molecule has 13 heavy (non-hydrogen) atoms. The first-order valence-electron chi connectivity index (χ1n) is 3.98. The van der Waals surface area contributed by atoms with E-state index < -0.39 is 0 Å². The molecule has 0 heterocycles. The predicted octanol–water partition coefficient (Wildman–Crippen LogP) is 3.16. The molecule has 0 aromatic heterocycles. The summed E-state index contributed by atoms with van der Waals surface area (Å²) in [4.78, 5) is 11.7. The fourth-order valence-electron chi connectivity index (χ4n) is 1.10. The molecule has 0 unspecified atom stereocenters. The van der Waals surface area contributed by atoms with Gasteiger partial charge in [-0.15, -0.1) is 11.8 Å². The third-order valence-corrected chi connectivity index (χ3v) is 3.14. The Labute approximate surface area is 87.5 Å². The third kappa shape index (κ3) is 3.41. The van der Waals surface area contributed by atoms with Gasteiger partial charge in [-0.1, -0.05) is 17.7 Å². The fourth-order valence-corrected chi connectivity index (χ4v) is 1.98. The average molecular weight is 215 g/mol. The van der Waals surface area contributed by atoms with Crippen LogP contribution in [0.25, 0.3) is 0 Å². The van der Waals surface area contributed by atoms with E-state index in [1.807, 2.05) is 26.0 Å². The minimum absolute atomic E-state index is 0.301. The summed E-state index contributed by atoms with van der Waals surface area (Å²) in [6.45, 7) is 4.09. The van der Waals surface area contributed by atoms with Crippen molar-refractivity contribution < 1.29 is 4.79 Å². The van der Waals surface area contributed by atoms with E-state index in [0.29, 0.717) is 5.75 Å². The van der Waals surface area contributed by atoms with Gasteiger partial charge in [-0.2, -0.15) is 0 Å². The number of hydrogen-bond acceptors (Lipinski definition) is 2. The minimum atomic E-state index is -0.301. The van der Waals surface area contributed by atoms with Crippen LogP contribution in [0.15, 0.2) is 23.1 Å². The second-order valence-electron chi connectivity index (χ2n) is 2.91. The molecule has 70 valence electrons. The molecular formula is C10H11ClOS. The minimum Gasteiger partial charge on any atom is -0.280 e. The van der Waals surface area contributed by atoms with Crippen molar-refractivity contribution in [2.45, 2.75) is 18.7 Å². The topological polar surface area (TPSA) is 17.1 Å². The van der Waals surface area contributed by atoms with Crippen LogP contribution in [0.2, 0.25) is 0 Å². The summed E-state index contributed by atoms with van der Waals surface area (Å²) in [6.07, 6.45) is 0. The van der Waals surface area contributed by atoms with E-state index in [-0.39, 0.29) is 5.24 Å². The Bertz CT molecular complexity index is 323. The van der Waals surface area contributed by atoms with E-state index in [1.54, 1.807) is 0 Å². The number of carbonyl (C=O) groups excluding carboxylic acids is 1. The largest absolute Gasteiger partial charge is 0.280 e. The van der Waals surface area contributed by atoms with Crippen LogP contribution < -0.4 is 0 Å². The number of rotatable bonds is 3. The smallest absolute Gasteiger partial charge is 0.231 e. The SMILES string of the molecule is Cc1ccc(SCC(=O)Cl)c(C)c1. The molecule has 0 saturated carbocycles. The molecule has 0 atom stereocenters. The zero-order valence-corrected chi connectivity index (χ0v) is 9.21. The molecule has 1 rings (SSSR count). The highest BCUT2D eigenvalue weighted by Gasteiger charge is 2.01. The van der Waals surface area contributed by atoms with Gasteiger partial charge in [-0.3, -0.25) is 4.79 Å². The molecule has 0 spiro atoms. The van der Waals surface area contributed by atoms with Crippen molar-refractivity contribution in [3.05, 3.63) is 29.3 Å². The molecule has 0 N–H and O–H groups in total. The molecule has 0 amide bonds. The highest BCUT2D eigenvalue weighted by Crippen LogP contribution is 2.23. The Hall–Kier alpha value is -0.470.